The number of urea groups is 1. The fourth-order valence-corrected chi connectivity index (χ4v) is 3.59. The van der Waals surface area contributed by atoms with Crippen molar-refractivity contribution < 1.29 is 28.7 Å². The van der Waals surface area contributed by atoms with Crippen LogP contribution >= 0.6 is 11.6 Å². The number of imide groups is 2. The molecule has 0 radical (unpaired) electrons. The van der Waals surface area contributed by atoms with Crippen molar-refractivity contribution in [2.75, 3.05) is 23.9 Å². The molecule has 10 heteroatoms. The molecule has 3 aromatic carbocycles. The third-order valence-corrected chi connectivity index (χ3v) is 5.49. The van der Waals surface area contributed by atoms with Gasteiger partial charge in [0.1, 0.15) is 17.1 Å². The van der Waals surface area contributed by atoms with E-state index in [0.29, 0.717) is 22.0 Å². The van der Waals surface area contributed by atoms with Crippen molar-refractivity contribution in [3.8, 4) is 11.5 Å². The Morgan fingerprint density at radius 2 is 1.69 bits per heavy atom. The SMILES string of the molecule is COc1ccc(N2C(=O)NC(=O)/C(=C\c3ccccc3OCC(=O)Nc3ccccc3Cl)C2=O)cc1. The molecule has 0 atom stereocenters. The zero-order valence-corrected chi connectivity index (χ0v) is 19.7. The van der Waals surface area contributed by atoms with Crippen LogP contribution in [-0.4, -0.2) is 37.5 Å². The van der Waals surface area contributed by atoms with Gasteiger partial charge in [0.05, 0.1) is 23.5 Å². The van der Waals surface area contributed by atoms with Crippen LogP contribution in [0.1, 0.15) is 5.56 Å². The van der Waals surface area contributed by atoms with Gasteiger partial charge in [0.2, 0.25) is 0 Å². The standard InChI is InChI=1S/C26H20ClN3O6/c1-35-18-12-10-17(11-13-18)30-25(33)19(24(32)29-26(30)34)14-16-6-2-5-9-22(16)36-15-23(31)28-21-8-4-3-7-20(21)27/h2-14H,15H2,1H3,(H,28,31)(H,29,32,34)/b19-14+. The Bertz CT molecular complexity index is 1370. The van der Waals surface area contributed by atoms with Crippen LogP contribution in [0.4, 0.5) is 16.2 Å². The Kier molecular flexibility index (Phi) is 7.31. The highest BCUT2D eigenvalue weighted by Crippen LogP contribution is 2.27. The first-order chi connectivity index (χ1) is 17.4. The van der Waals surface area contributed by atoms with Gasteiger partial charge in [0.25, 0.3) is 17.7 Å². The number of methoxy groups -OCH3 is 1. The molecule has 3 aromatic rings. The number of carbonyl (C=O) groups excluding carboxylic acids is 4. The second kappa shape index (κ2) is 10.7. The topological polar surface area (TPSA) is 114 Å². The summed E-state index contributed by atoms with van der Waals surface area (Å²) in [6, 6.07) is 18.7. The fraction of sp³-hybridized carbons (Fsp3) is 0.0769. The summed E-state index contributed by atoms with van der Waals surface area (Å²) in [6.07, 6.45) is 1.31. The van der Waals surface area contributed by atoms with Gasteiger partial charge in [0, 0.05) is 5.56 Å². The van der Waals surface area contributed by atoms with E-state index in [2.05, 4.69) is 10.6 Å². The Morgan fingerprint density at radius 3 is 2.42 bits per heavy atom. The predicted molar refractivity (Wildman–Crippen MR) is 134 cm³/mol. The lowest BCUT2D eigenvalue weighted by atomic mass is 10.1. The first-order valence-corrected chi connectivity index (χ1v) is 11.1. The molecule has 0 spiro atoms. The van der Waals surface area contributed by atoms with E-state index in [4.69, 9.17) is 21.1 Å². The highest BCUT2D eigenvalue weighted by atomic mass is 35.5. The quantitative estimate of drug-likeness (QED) is 0.370. The monoisotopic (exact) mass is 505 g/mol. The number of hydrogen-bond acceptors (Lipinski definition) is 6. The molecule has 5 amide bonds. The maximum atomic E-state index is 13.1. The van der Waals surface area contributed by atoms with Gasteiger partial charge < -0.3 is 14.8 Å². The Labute approximate surface area is 211 Å². The van der Waals surface area contributed by atoms with Crippen molar-refractivity contribution in [1.29, 1.82) is 0 Å². The molecular weight excluding hydrogens is 486 g/mol. The van der Waals surface area contributed by atoms with Gasteiger partial charge in [0.15, 0.2) is 6.61 Å². The molecule has 1 heterocycles. The molecule has 0 bridgehead atoms. The van der Waals surface area contributed by atoms with Crippen LogP contribution < -0.4 is 25.0 Å². The lowest BCUT2D eigenvalue weighted by Crippen LogP contribution is -2.54. The number of carbonyl (C=O) groups is 4. The van der Waals surface area contributed by atoms with Crippen molar-refractivity contribution in [2.24, 2.45) is 0 Å². The van der Waals surface area contributed by atoms with Crippen LogP contribution in [0, 0.1) is 0 Å². The lowest BCUT2D eigenvalue weighted by molar-refractivity contribution is -0.122. The minimum Gasteiger partial charge on any atom is -0.497 e. The first kappa shape index (κ1) is 24.5. The Hall–Kier alpha value is -4.63. The number of halogens is 1. The minimum atomic E-state index is -0.868. The third kappa shape index (κ3) is 5.37. The Morgan fingerprint density at radius 1 is 1.00 bits per heavy atom. The van der Waals surface area contributed by atoms with Crippen LogP contribution in [0.5, 0.6) is 11.5 Å². The zero-order valence-electron chi connectivity index (χ0n) is 19.0. The van der Waals surface area contributed by atoms with Crippen molar-refractivity contribution in [3.05, 3.63) is 89.0 Å². The van der Waals surface area contributed by atoms with Crippen molar-refractivity contribution >= 4 is 52.8 Å². The number of nitrogens with zero attached hydrogens (tertiary/aromatic N) is 1. The van der Waals surface area contributed by atoms with Crippen LogP contribution in [0.3, 0.4) is 0 Å². The molecule has 182 valence electrons. The van der Waals surface area contributed by atoms with E-state index in [1.165, 1.54) is 25.3 Å². The average Bonchev–Trinajstić information content (AvgIpc) is 2.87. The van der Waals surface area contributed by atoms with Gasteiger partial charge in [-0.2, -0.15) is 0 Å². The minimum absolute atomic E-state index is 0.257. The second-order valence-electron chi connectivity index (χ2n) is 7.51. The maximum absolute atomic E-state index is 13.1. The summed E-state index contributed by atoms with van der Waals surface area (Å²) in [5, 5.41) is 5.20. The number of barbiturate groups is 1. The van der Waals surface area contributed by atoms with Crippen molar-refractivity contribution in [3.63, 3.8) is 0 Å². The molecule has 4 rings (SSSR count). The van der Waals surface area contributed by atoms with E-state index >= 15 is 0 Å². The smallest absolute Gasteiger partial charge is 0.335 e. The lowest BCUT2D eigenvalue weighted by Gasteiger charge is -2.26. The van der Waals surface area contributed by atoms with Gasteiger partial charge >= 0.3 is 6.03 Å². The average molecular weight is 506 g/mol. The van der Waals surface area contributed by atoms with Gasteiger partial charge in [-0.05, 0) is 48.5 Å². The van der Waals surface area contributed by atoms with E-state index in [0.717, 1.165) is 4.90 Å². The summed E-state index contributed by atoms with van der Waals surface area (Å²) in [5.41, 5.74) is 0.793. The maximum Gasteiger partial charge on any atom is 0.335 e. The van der Waals surface area contributed by atoms with Gasteiger partial charge in [-0.1, -0.05) is 41.9 Å². The molecule has 1 aliphatic rings. The number of amides is 5. The number of para-hydroxylation sites is 2. The third-order valence-electron chi connectivity index (χ3n) is 5.16. The van der Waals surface area contributed by atoms with Crippen LogP contribution in [0.2, 0.25) is 5.02 Å². The van der Waals surface area contributed by atoms with E-state index < -0.39 is 23.8 Å². The largest absolute Gasteiger partial charge is 0.497 e. The number of rotatable bonds is 7. The summed E-state index contributed by atoms with van der Waals surface area (Å²) >= 11 is 6.06. The summed E-state index contributed by atoms with van der Waals surface area (Å²) in [4.78, 5) is 51.3. The molecule has 9 nitrogen and oxygen atoms in total. The number of nitrogens with one attached hydrogen (secondary N) is 2. The second-order valence-corrected chi connectivity index (χ2v) is 7.92. The van der Waals surface area contributed by atoms with Gasteiger partial charge in [-0.15, -0.1) is 0 Å². The normalized spacial score (nSPS) is 14.4. The number of hydrogen-bond donors (Lipinski definition) is 2. The first-order valence-electron chi connectivity index (χ1n) is 10.7. The van der Waals surface area contributed by atoms with E-state index in [9.17, 15) is 19.2 Å². The molecule has 1 fully saturated rings. The predicted octanol–water partition coefficient (Wildman–Crippen LogP) is 4.03. The molecule has 36 heavy (non-hydrogen) atoms. The molecule has 2 N–H and O–H groups in total. The molecule has 0 aromatic heterocycles. The van der Waals surface area contributed by atoms with Crippen LogP contribution in [-0.2, 0) is 14.4 Å². The zero-order chi connectivity index (χ0) is 25.7. The van der Waals surface area contributed by atoms with Crippen molar-refractivity contribution in [1.82, 2.24) is 5.32 Å². The van der Waals surface area contributed by atoms with Crippen LogP contribution in [0.15, 0.2) is 78.4 Å². The summed E-state index contributed by atoms with van der Waals surface area (Å²) in [7, 11) is 1.49. The van der Waals surface area contributed by atoms with E-state index in [1.54, 1.807) is 60.7 Å². The van der Waals surface area contributed by atoms with E-state index in [1.807, 2.05) is 0 Å². The fourth-order valence-electron chi connectivity index (χ4n) is 3.40. The summed E-state index contributed by atoms with van der Waals surface area (Å²) < 4.78 is 10.7. The number of ether oxygens (including phenoxy) is 2. The molecule has 0 aliphatic carbocycles. The van der Waals surface area contributed by atoms with Crippen LogP contribution in [0.25, 0.3) is 6.08 Å². The van der Waals surface area contributed by atoms with Gasteiger partial charge in [-0.3, -0.25) is 19.7 Å². The molecule has 1 aliphatic heterocycles. The molecule has 0 saturated carbocycles. The number of anilines is 2. The van der Waals surface area contributed by atoms with Gasteiger partial charge in [-0.25, -0.2) is 9.69 Å². The highest BCUT2D eigenvalue weighted by molar-refractivity contribution is 6.39. The molecule has 1 saturated heterocycles. The number of benzene rings is 3. The Balaban J connectivity index is 1.54. The summed E-state index contributed by atoms with van der Waals surface area (Å²) in [6.45, 7) is -0.345. The van der Waals surface area contributed by atoms with Crippen molar-refractivity contribution in [2.45, 2.75) is 0 Å². The molecule has 0 unspecified atom stereocenters. The summed E-state index contributed by atoms with van der Waals surface area (Å²) in [5.74, 6) is -1.30. The van der Waals surface area contributed by atoms with E-state index in [-0.39, 0.29) is 23.6 Å². The highest BCUT2D eigenvalue weighted by Gasteiger charge is 2.37. The molecular formula is C26H20ClN3O6.